The second kappa shape index (κ2) is 12.8. The lowest BCUT2D eigenvalue weighted by Gasteiger charge is -2.19. The number of halogens is 1. The minimum atomic E-state index is -4.02. The van der Waals surface area contributed by atoms with Crippen LogP contribution in [-0.2, 0) is 29.1 Å². The third-order valence-electron chi connectivity index (χ3n) is 5.84. The van der Waals surface area contributed by atoms with Crippen LogP contribution in [0.25, 0.3) is 23.0 Å². The second-order valence-corrected chi connectivity index (χ2v) is 11.4. The number of nitrogens with one attached hydrogen (secondary N) is 3. The Hall–Kier alpha value is -5.18. The van der Waals surface area contributed by atoms with Gasteiger partial charge in [-0.1, -0.05) is 17.3 Å². The van der Waals surface area contributed by atoms with Gasteiger partial charge in [0.2, 0.25) is 11.7 Å². The zero-order valence-electron chi connectivity index (χ0n) is 23.3. The predicted molar refractivity (Wildman–Crippen MR) is 154 cm³/mol. The second-order valence-electron chi connectivity index (χ2n) is 9.69. The molecule has 2 aromatic heterocycles. The molecule has 2 aromatic carbocycles. The Morgan fingerprint density at radius 1 is 0.953 bits per heavy atom. The van der Waals surface area contributed by atoms with Crippen molar-refractivity contribution in [2.24, 2.45) is 5.41 Å². The summed E-state index contributed by atoms with van der Waals surface area (Å²) in [5.74, 6) is -2.35. The van der Waals surface area contributed by atoms with Crippen molar-refractivity contribution < 1.29 is 36.5 Å². The summed E-state index contributed by atoms with van der Waals surface area (Å²) in [4.78, 5) is 44.1. The van der Waals surface area contributed by atoms with E-state index in [-0.39, 0.29) is 40.4 Å². The van der Waals surface area contributed by atoms with Crippen LogP contribution in [0.15, 0.2) is 76.1 Å². The van der Waals surface area contributed by atoms with E-state index >= 15 is 0 Å². The number of carbonyl (C=O) groups is 3. The van der Waals surface area contributed by atoms with Gasteiger partial charge in [0.15, 0.2) is 0 Å². The first-order chi connectivity index (χ1) is 20.4. The Morgan fingerprint density at radius 2 is 1.65 bits per heavy atom. The van der Waals surface area contributed by atoms with E-state index in [1.54, 1.807) is 31.2 Å². The molecule has 0 bridgehead atoms. The van der Waals surface area contributed by atoms with Crippen molar-refractivity contribution in [1.82, 2.24) is 15.1 Å². The number of hydrogen-bond acceptors (Lipinski definition) is 10. The van der Waals surface area contributed by atoms with Crippen LogP contribution in [0.1, 0.15) is 20.8 Å². The molecular formula is C28H27FN6O7S. The van der Waals surface area contributed by atoms with E-state index in [1.165, 1.54) is 56.3 Å². The molecule has 2 heterocycles. The predicted octanol–water partition coefficient (Wildman–Crippen LogP) is 4.04. The zero-order valence-corrected chi connectivity index (χ0v) is 24.1. The number of anilines is 3. The molecule has 43 heavy (non-hydrogen) atoms. The van der Waals surface area contributed by atoms with Gasteiger partial charge >= 0.3 is 11.9 Å². The molecule has 0 radical (unpaired) electrons. The zero-order chi connectivity index (χ0) is 31.2. The van der Waals surface area contributed by atoms with Gasteiger partial charge in [0.25, 0.3) is 15.9 Å². The number of benzene rings is 2. The molecule has 0 aliphatic carbocycles. The molecule has 0 saturated carbocycles. The van der Waals surface area contributed by atoms with Crippen LogP contribution < -0.4 is 15.4 Å². The van der Waals surface area contributed by atoms with Crippen LogP contribution in [0.5, 0.6) is 0 Å². The molecule has 0 atom stereocenters. The van der Waals surface area contributed by atoms with Gasteiger partial charge in [-0.15, -0.1) is 0 Å². The van der Waals surface area contributed by atoms with Crippen molar-refractivity contribution in [3.8, 4) is 23.0 Å². The quantitative estimate of drug-likeness (QED) is 0.175. The van der Waals surface area contributed by atoms with Gasteiger partial charge in [0.1, 0.15) is 18.2 Å². The standard InChI is InChI=1S/C28H27FN6O7S/c1-4-41-26(37)24(36)32-22-10-6-9-21(31-22)25-33-23(34-42-25)17-11-13-20(14-12-17)43(39,40)35-19-8-5-7-18(15-19)30-27(38)28(2,3)16-29/h5-15,35H,4,16H2,1-3H3,(H,30,38)(H,31,32,36). The van der Waals surface area contributed by atoms with Crippen LogP contribution in [0, 0.1) is 5.41 Å². The minimum absolute atomic E-state index is 0.0162. The van der Waals surface area contributed by atoms with E-state index in [4.69, 9.17) is 4.52 Å². The topological polar surface area (TPSA) is 182 Å². The molecule has 3 N–H and O–H groups in total. The lowest BCUT2D eigenvalue weighted by molar-refractivity contribution is -0.152. The molecule has 4 rings (SSSR count). The maximum atomic E-state index is 13.1. The van der Waals surface area contributed by atoms with Gasteiger partial charge in [-0.2, -0.15) is 4.98 Å². The third kappa shape index (κ3) is 7.56. The van der Waals surface area contributed by atoms with Crippen molar-refractivity contribution in [1.29, 1.82) is 0 Å². The van der Waals surface area contributed by atoms with E-state index in [0.717, 1.165) is 0 Å². The van der Waals surface area contributed by atoms with Crippen LogP contribution in [0.2, 0.25) is 0 Å². The molecule has 15 heteroatoms. The number of amides is 2. The van der Waals surface area contributed by atoms with Crippen molar-refractivity contribution in [2.45, 2.75) is 25.7 Å². The Bertz CT molecular complexity index is 1760. The van der Waals surface area contributed by atoms with Crippen LogP contribution >= 0.6 is 0 Å². The Kier molecular flexibility index (Phi) is 9.14. The molecule has 224 valence electrons. The number of sulfonamides is 1. The normalized spacial score (nSPS) is 11.4. The smallest absolute Gasteiger partial charge is 0.397 e. The fraction of sp³-hybridized carbons (Fsp3) is 0.214. The highest BCUT2D eigenvalue weighted by Crippen LogP contribution is 2.26. The number of rotatable bonds is 10. The Labute approximate surface area is 245 Å². The molecule has 4 aromatic rings. The van der Waals surface area contributed by atoms with Gasteiger partial charge in [-0.05, 0) is 75.4 Å². The number of ether oxygens (including phenoxy) is 1. The first-order valence-corrected chi connectivity index (χ1v) is 14.3. The van der Waals surface area contributed by atoms with Gasteiger partial charge in [-0.3, -0.25) is 14.3 Å². The highest BCUT2D eigenvalue weighted by Gasteiger charge is 2.27. The fourth-order valence-electron chi connectivity index (χ4n) is 3.45. The maximum absolute atomic E-state index is 13.1. The van der Waals surface area contributed by atoms with Crippen LogP contribution in [-0.4, -0.2) is 54.6 Å². The number of aromatic nitrogens is 3. The summed E-state index contributed by atoms with van der Waals surface area (Å²) in [5, 5.41) is 8.82. The van der Waals surface area contributed by atoms with E-state index in [9.17, 15) is 27.2 Å². The highest BCUT2D eigenvalue weighted by atomic mass is 32.2. The number of esters is 1. The molecular weight excluding hydrogens is 583 g/mol. The average molecular weight is 611 g/mol. The molecule has 2 amide bonds. The molecule has 0 saturated heterocycles. The fourth-order valence-corrected chi connectivity index (χ4v) is 4.50. The number of hydrogen-bond donors (Lipinski definition) is 3. The first-order valence-electron chi connectivity index (χ1n) is 12.8. The molecule has 13 nitrogen and oxygen atoms in total. The number of alkyl halides is 1. The van der Waals surface area contributed by atoms with Gasteiger partial charge in [0, 0.05) is 11.3 Å². The first kappa shape index (κ1) is 30.8. The van der Waals surface area contributed by atoms with Crippen molar-refractivity contribution in [3.05, 3.63) is 66.7 Å². The van der Waals surface area contributed by atoms with E-state index in [1.807, 2.05) is 0 Å². The molecule has 0 aliphatic heterocycles. The molecule has 0 unspecified atom stereocenters. The SMILES string of the molecule is CCOC(=O)C(=O)Nc1cccc(-c2nc(-c3ccc(S(=O)(=O)Nc4cccc(NC(=O)C(C)(C)CF)c4)cc3)no2)n1. The largest absolute Gasteiger partial charge is 0.459 e. The average Bonchev–Trinajstić information content (AvgIpc) is 3.48. The molecule has 0 fully saturated rings. The van der Waals surface area contributed by atoms with Crippen molar-refractivity contribution in [2.75, 3.05) is 28.6 Å². The van der Waals surface area contributed by atoms with E-state index in [0.29, 0.717) is 11.3 Å². The number of nitrogens with zero attached hydrogens (tertiary/aromatic N) is 3. The number of carbonyl (C=O) groups excluding carboxylic acids is 3. The molecule has 0 spiro atoms. The van der Waals surface area contributed by atoms with Gasteiger partial charge in [0.05, 0.1) is 22.6 Å². The summed E-state index contributed by atoms with van der Waals surface area (Å²) >= 11 is 0. The Morgan fingerprint density at radius 3 is 2.35 bits per heavy atom. The lowest BCUT2D eigenvalue weighted by Crippen LogP contribution is -2.32. The van der Waals surface area contributed by atoms with Crippen molar-refractivity contribution >= 4 is 45.0 Å². The summed E-state index contributed by atoms with van der Waals surface area (Å²) < 4.78 is 51.5. The summed E-state index contributed by atoms with van der Waals surface area (Å²) in [6.45, 7) is 3.68. The maximum Gasteiger partial charge on any atom is 0.397 e. The summed E-state index contributed by atoms with van der Waals surface area (Å²) in [5.41, 5.74) is -0.0796. The van der Waals surface area contributed by atoms with Crippen LogP contribution in [0.3, 0.4) is 0 Å². The van der Waals surface area contributed by atoms with Gasteiger partial charge in [-0.25, -0.2) is 22.6 Å². The highest BCUT2D eigenvalue weighted by molar-refractivity contribution is 7.92. The summed E-state index contributed by atoms with van der Waals surface area (Å²) in [7, 11) is -4.02. The van der Waals surface area contributed by atoms with E-state index in [2.05, 4.69) is 35.2 Å². The monoisotopic (exact) mass is 610 g/mol. The number of pyridine rings is 1. The van der Waals surface area contributed by atoms with Crippen LogP contribution in [0.4, 0.5) is 21.6 Å². The van der Waals surface area contributed by atoms with Gasteiger partial charge < -0.3 is 19.9 Å². The minimum Gasteiger partial charge on any atom is -0.459 e. The third-order valence-corrected chi connectivity index (χ3v) is 7.24. The summed E-state index contributed by atoms with van der Waals surface area (Å²) in [6.07, 6.45) is 0. The van der Waals surface area contributed by atoms with Crippen molar-refractivity contribution in [3.63, 3.8) is 0 Å². The Balaban J connectivity index is 1.45. The summed E-state index contributed by atoms with van der Waals surface area (Å²) in [6, 6.07) is 16.3. The molecule has 0 aliphatic rings. The lowest BCUT2D eigenvalue weighted by atomic mass is 9.94. The van der Waals surface area contributed by atoms with E-state index < -0.39 is 39.9 Å².